The Hall–Kier alpha value is -2.03. The van der Waals surface area contributed by atoms with Crippen LogP contribution >= 0.6 is 12.2 Å². The zero-order valence-electron chi connectivity index (χ0n) is 15.5. The first-order valence-corrected chi connectivity index (χ1v) is 9.03. The summed E-state index contributed by atoms with van der Waals surface area (Å²) < 4.78 is 6.89. The molecule has 0 unspecified atom stereocenters. The van der Waals surface area contributed by atoms with E-state index in [1.807, 2.05) is 14.1 Å². The van der Waals surface area contributed by atoms with Crippen LogP contribution in [-0.4, -0.2) is 61.3 Å². The number of carbonyl (C=O) groups excluding carboxylic acids is 1. The van der Waals surface area contributed by atoms with E-state index in [9.17, 15) is 9.59 Å². The molecule has 2 N–H and O–H groups in total. The molecule has 2 rings (SSSR count). The Kier molecular flexibility index (Phi) is 7.50. The SMILES string of the molecule is COCCCn1c(=S)[nH]c2cc(C(=O)NCCCN(C)C)ccc2c1=O. The highest BCUT2D eigenvalue weighted by Crippen LogP contribution is 2.11. The lowest BCUT2D eigenvalue weighted by molar-refractivity contribution is 0.0952. The molecule has 2 aromatic rings. The molecular weight excluding hydrogens is 352 g/mol. The number of hydrogen-bond donors (Lipinski definition) is 2. The number of H-pyrrole nitrogens is 1. The van der Waals surface area contributed by atoms with E-state index in [1.165, 1.54) is 4.57 Å². The third-order valence-electron chi connectivity index (χ3n) is 4.04. The van der Waals surface area contributed by atoms with E-state index in [0.717, 1.165) is 13.0 Å². The fraction of sp³-hybridized carbons (Fsp3) is 0.500. The summed E-state index contributed by atoms with van der Waals surface area (Å²) in [6.07, 6.45) is 1.58. The van der Waals surface area contributed by atoms with E-state index in [1.54, 1.807) is 25.3 Å². The highest BCUT2D eigenvalue weighted by molar-refractivity contribution is 7.71. The molecule has 0 radical (unpaired) electrons. The minimum Gasteiger partial charge on any atom is -0.385 e. The molecular formula is C18H26N4O3S. The van der Waals surface area contributed by atoms with Crippen molar-refractivity contribution in [1.29, 1.82) is 0 Å². The minimum atomic E-state index is -0.158. The van der Waals surface area contributed by atoms with Gasteiger partial charge in [0, 0.05) is 32.4 Å². The highest BCUT2D eigenvalue weighted by Gasteiger charge is 2.10. The average Bonchev–Trinajstić information content (AvgIpc) is 2.60. The largest absolute Gasteiger partial charge is 0.385 e. The predicted octanol–water partition coefficient (Wildman–Crippen LogP) is 1.78. The van der Waals surface area contributed by atoms with Gasteiger partial charge < -0.3 is 19.9 Å². The molecule has 0 bridgehead atoms. The first-order chi connectivity index (χ1) is 12.4. The standard InChI is InChI=1S/C18H26N4O3S/c1-21(2)9-4-8-19-16(23)13-6-7-14-15(12-13)20-18(26)22(17(14)24)10-5-11-25-3/h6-7,12H,4-5,8-11H2,1-3H3,(H,19,23)(H,20,26). The summed E-state index contributed by atoms with van der Waals surface area (Å²) in [7, 11) is 5.61. The molecule has 1 amide bonds. The first-order valence-electron chi connectivity index (χ1n) is 8.62. The van der Waals surface area contributed by atoms with Crippen LogP contribution in [0.25, 0.3) is 10.9 Å². The third-order valence-corrected chi connectivity index (χ3v) is 4.36. The quantitative estimate of drug-likeness (QED) is 0.514. The van der Waals surface area contributed by atoms with Crippen molar-refractivity contribution >= 4 is 29.0 Å². The molecule has 0 saturated heterocycles. The van der Waals surface area contributed by atoms with Gasteiger partial charge in [-0.1, -0.05) is 0 Å². The highest BCUT2D eigenvalue weighted by atomic mass is 32.1. The predicted molar refractivity (Wildman–Crippen MR) is 105 cm³/mol. The molecule has 0 atom stereocenters. The molecule has 1 heterocycles. The van der Waals surface area contributed by atoms with Gasteiger partial charge in [-0.05, 0) is 63.9 Å². The second-order valence-electron chi connectivity index (χ2n) is 6.41. The van der Waals surface area contributed by atoms with Gasteiger partial charge in [0.15, 0.2) is 4.77 Å². The molecule has 0 aliphatic carbocycles. The van der Waals surface area contributed by atoms with Crippen molar-refractivity contribution in [3.8, 4) is 0 Å². The third kappa shape index (κ3) is 5.23. The molecule has 0 aliphatic rings. The van der Waals surface area contributed by atoms with Gasteiger partial charge in [0.25, 0.3) is 11.5 Å². The number of benzene rings is 1. The van der Waals surface area contributed by atoms with Crippen LogP contribution in [0, 0.1) is 4.77 Å². The molecule has 26 heavy (non-hydrogen) atoms. The zero-order chi connectivity index (χ0) is 19.1. The number of nitrogens with zero attached hydrogens (tertiary/aromatic N) is 2. The van der Waals surface area contributed by atoms with Gasteiger partial charge in [-0.3, -0.25) is 14.2 Å². The van der Waals surface area contributed by atoms with Crippen molar-refractivity contribution in [1.82, 2.24) is 19.8 Å². The van der Waals surface area contributed by atoms with Crippen molar-refractivity contribution < 1.29 is 9.53 Å². The molecule has 7 nitrogen and oxygen atoms in total. The topological polar surface area (TPSA) is 79.4 Å². The van der Waals surface area contributed by atoms with Gasteiger partial charge in [0.05, 0.1) is 10.9 Å². The lowest BCUT2D eigenvalue weighted by atomic mass is 10.1. The number of aromatic nitrogens is 2. The minimum absolute atomic E-state index is 0.155. The van der Waals surface area contributed by atoms with Crippen molar-refractivity contribution in [2.24, 2.45) is 0 Å². The van der Waals surface area contributed by atoms with Crippen LogP contribution in [0.1, 0.15) is 23.2 Å². The van der Waals surface area contributed by atoms with Crippen molar-refractivity contribution in [3.05, 3.63) is 38.9 Å². The van der Waals surface area contributed by atoms with E-state index >= 15 is 0 Å². The number of ether oxygens (including phenoxy) is 1. The van der Waals surface area contributed by atoms with Crippen molar-refractivity contribution in [2.75, 3.05) is 40.9 Å². The zero-order valence-corrected chi connectivity index (χ0v) is 16.3. The summed E-state index contributed by atoms with van der Waals surface area (Å²) in [5.41, 5.74) is 0.922. The second kappa shape index (κ2) is 9.61. The van der Waals surface area contributed by atoms with Crippen LogP contribution in [-0.2, 0) is 11.3 Å². The molecule has 8 heteroatoms. The fourth-order valence-corrected chi connectivity index (χ4v) is 2.95. The van der Waals surface area contributed by atoms with Crippen LogP contribution in [0.2, 0.25) is 0 Å². The lowest BCUT2D eigenvalue weighted by Gasteiger charge is -2.11. The summed E-state index contributed by atoms with van der Waals surface area (Å²) in [4.78, 5) is 30.0. The number of hydrogen-bond acceptors (Lipinski definition) is 5. The maximum absolute atomic E-state index is 12.6. The van der Waals surface area contributed by atoms with Crippen LogP contribution in [0.15, 0.2) is 23.0 Å². The van der Waals surface area contributed by atoms with Crippen molar-refractivity contribution in [3.63, 3.8) is 0 Å². The van der Waals surface area contributed by atoms with E-state index in [-0.39, 0.29) is 11.5 Å². The molecule has 142 valence electrons. The van der Waals surface area contributed by atoms with Gasteiger partial charge >= 0.3 is 0 Å². The van der Waals surface area contributed by atoms with E-state index in [4.69, 9.17) is 17.0 Å². The van der Waals surface area contributed by atoms with Crippen LogP contribution in [0.5, 0.6) is 0 Å². The maximum atomic E-state index is 12.6. The number of rotatable bonds is 9. The van der Waals surface area contributed by atoms with Gasteiger partial charge in [0.1, 0.15) is 0 Å². The first kappa shape index (κ1) is 20.3. The molecule has 0 aliphatic heterocycles. The lowest BCUT2D eigenvalue weighted by Crippen LogP contribution is -2.27. The number of fused-ring (bicyclic) bond motifs is 1. The summed E-state index contributed by atoms with van der Waals surface area (Å²) in [6.45, 7) is 2.57. The molecule has 0 saturated carbocycles. The molecule has 0 spiro atoms. The van der Waals surface area contributed by atoms with E-state index < -0.39 is 0 Å². The Balaban J connectivity index is 2.18. The average molecular weight is 378 g/mol. The Morgan fingerprint density at radius 1 is 1.35 bits per heavy atom. The smallest absolute Gasteiger partial charge is 0.262 e. The number of amides is 1. The Morgan fingerprint density at radius 3 is 2.81 bits per heavy atom. The number of methoxy groups -OCH3 is 1. The van der Waals surface area contributed by atoms with E-state index in [2.05, 4.69) is 15.2 Å². The summed E-state index contributed by atoms with van der Waals surface area (Å²) in [5, 5.41) is 3.41. The number of aromatic amines is 1. The van der Waals surface area contributed by atoms with Crippen LogP contribution in [0.3, 0.4) is 0 Å². The van der Waals surface area contributed by atoms with Crippen LogP contribution < -0.4 is 10.9 Å². The number of carbonyl (C=O) groups is 1. The van der Waals surface area contributed by atoms with Crippen molar-refractivity contribution in [2.45, 2.75) is 19.4 Å². The maximum Gasteiger partial charge on any atom is 0.262 e. The molecule has 0 fully saturated rings. The van der Waals surface area contributed by atoms with Gasteiger partial charge in [-0.2, -0.15) is 0 Å². The van der Waals surface area contributed by atoms with Gasteiger partial charge in [-0.25, -0.2) is 0 Å². The summed E-state index contributed by atoms with van der Waals surface area (Å²) in [6, 6.07) is 5.01. The number of nitrogens with one attached hydrogen (secondary N) is 2. The van der Waals surface area contributed by atoms with Gasteiger partial charge in [0.2, 0.25) is 0 Å². The Labute approximate surface area is 158 Å². The monoisotopic (exact) mass is 378 g/mol. The summed E-state index contributed by atoms with van der Waals surface area (Å²) >= 11 is 5.30. The van der Waals surface area contributed by atoms with E-state index in [0.29, 0.717) is 47.4 Å². The second-order valence-corrected chi connectivity index (χ2v) is 6.79. The molecule has 1 aromatic heterocycles. The van der Waals surface area contributed by atoms with Crippen LogP contribution in [0.4, 0.5) is 0 Å². The normalized spacial score (nSPS) is 11.2. The Bertz CT molecular complexity index is 873. The Morgan fingerprint density at radius 2 is 2.12 bits per heavy atom. The molecule has 1 aromatic carbocycles. The fourth-order valence-electron chi connectivity index (χ4n) is 2.67. The summed E-state index contributed by atoms with van der Waals surface area (Å²) in [5.74, 6) is -0.158. The van der Waals surface area contributed by atoms with Gasteiger partial charge in [-0.15, -0.1) is 0 Å².